The Morgan fingerprint density at radius 1 is 1.31 bits per heavy atom. The van der Waals surface area contributed by atoms with Gasteiger partial charge in [0.25, 0.3) is 0 Å². The number of aliphatic imine (C=N–C) groups is 1. The Labute approximate surface area is 93.7 Å². The summed E-state index contributed by atoms with van der Waals surface area (Å²) in [4.78, 5) is 11.1. The molecule has 0 aliphatic heterocycles. The number of benzene rings is 1. The van der Waals surface area contributed by atoms with Crippen molar-refractivity contribution in [3.63, 3.8) is 0 Å². The first-order valence-electron chi connectivity index (χ1n) is 5.00. The average molecular weight is 215 g/mol. The third kappa shape index (κ3) is 2.11. The summed E-state index contributed by atoms with van der Waals surface area (Å²) in [6, 6.07) is 3.44. The Balaban J connectivity index is 2.35. The van der Waals surface area contributed by atoms with Crippen molar-refractivity contribution in [2.24, 2.45) is 4.99 Å². The lowest BCUT2D eigenvalue weighted by Crippen LogP contribution is -1.91. The topological polar surface area (TPSA) is 61.3 Å². The molecule has 0 unspecified atom stereocenters. The van der Waals surface area contributed by atoms with E-state index in [9.17, 15) is 5.11 Å². The van der Waals surface area contributed by atoms with Crippen LogP contribution in [-0.4, -0.2) is 21.3 Å². The second-order valence-electron chi connectivity index (χ2n) is 3.66. The van der Waals surface area contributed by atoms with E-state index in [-0.39, 0.29) is 5.75 Å². The van der Waals surface area contributed by atoms with Crippen LogP contribution in [0.3, 0.4) is 0 Å². The highest BCUT2D eigenvalue weighted by Crippen LogP contribution is 2.19. The van der Waals surface area contributed by atoms with E-state index >= 15 is 0 Å². The minimum absolute atomic E-state index is 0.283. The van der Waals surface area contributed by atoms with Crippen LogP contribution in [0, 0.1) is 13.8 Å². The minimum atomic E-state index is 0.283. The van der Waals surface area contributed by atoms with Gasteiger partial charge >= 0.3 is 0 Å². The number of hydrogen-bond acceptors (Lipinski definition) is 3. The van der Waals surface area contributed by atoms with Crippen LogP contribution in [0.25, 0.3) is 0 Å². The lowest BCUT2D eigenvalue weighted by Gasteiger charge is -2.05. The number of H-pyrrole nitrogens is 1. The van der Waals surface area contributed by atoms with Crippen molar-refractivity contribution in [2.45, 2.75) is 13.8 Å². The van der Waals surface area contributed by atoms with Gasteiger partial charge in [-0.15, -0.1) is 0 Å². The summed E-state index contributed by atoms with van der Waals surface area (Å²) in [6.07, 6.45) is 5.13. The molecule has 0 fully saturated rings. The Hall–Kier alpha value is -2.10. The summed E-state index contributed by atoms with van der Waals surface area (Å²) in [7, 11) is 0. The molecule has 1 heterocycles. The van der Waals surface area contributed by atoms with E-state index in [1.165, 1.54) is 0 Å². The van der Waals surface area contributed by atoms with Crippen molar-refractivity contribution in [2.75, 3.05) is 0 Å². The molecule has 0 radical (unpaired) electrons. The van der Waals surface area contributed by atoms with Gasteiger partial charge in [-0.3, -0.25) is 0 Å². The number of hydrogen-bond donors (Lipinski definition) is 2. The Bertz CT molecular complexity index is 492. The van der Waals surface area contributed by atoms with Crippen LogP contribution in [0.5, 0.6) is 5.75 Å². The minimum Gasteiger partial charge on any atom is -0.508 e. The maximum absolute atomic E-state index is 9.41. The maximum atomic E-state index is 9.41. The number of imidazole rings is 1. The zero-order valence-electron chi connectivity index (χ0n) is 9.23. The van der Waals surface area contributed by atoms with Crippen molar-refractivity contribution in [3.8, 4) is 5.75 Å². The van der Waals surface area contributed by atoms with Crippen LogP contribution in [0.4, 0.5) is 5.95 Å². The summed E-state index contributed by atoms with van der Waals surface area (Å²) >= 11 is 0. The van der Waals surface area contributed by atoms with E-state index in [0.717, 1.165) is 16.7 Å². The highest BCUT2D eigenvalue weighted by atomic mass is 16.3. The quantitative estimate of drug-likeness (QED) is 0.756. The van der Waals surface area contributed by atoms with Crippen molar-refractivity contribution >= 4 is 12.2 Å². The van der Waals surface area contributed by atoms with Gasteiger partial charge in [0.15, 0.2) is 0 Å². The molecule has 82 valence electrons. The number of phenols is 1. The van der Waals surface area contributed by atoms with E-state index < -0.39 is 0 Å². The van der Waals surface area contributed by atoms with Gasteiger partial charge in [0.1, 0.15) is 5.75 Å². The van der Waals surface area contributed by atoms with Gasteiger partial charge in [0, 0.05) is 18.6 Å². The number of rotatable bonds is 2. The van der Waals surface area contributed by atoms with Crippen LogP contribution >= 0.6 is 0 Å². The molecule has 0 aliphatic rings. The molecule has 4 heteroatoms. The zero-order valence-corrected chi connectivity index (χ0v) is 9.23. The molecule has 1 aromatic carbocycles. The number of phenolic OH excluding ortho intramolecular Hbond substituents is 1. The van der Waals surface area contributed by atoms with E-state index in [0.29, 0.717) is 5.95 Å². The summed E-state index contributed by atoms with van der Waals surface area (Å²) < 4.78 is 0. The first-order valence-corrected chi connectivity index (χ1v) is 5.00. The van der Waals surface area contributed by atoms with E-state index in [1.807, 2.05) is 13.8 Å². The zero-order chi connectivity index (χ0) is 11.5. The summed E-state index contributed by atoms with van der Waals surface area (Å²) in [5.41, 5.74) is 3.00. The Morgan fingerprint density at radius 2 is 2.00 bits per heavy atom. The van der Waals surface area contributed by atoms with Gasteiger partial charge in [-0.05, 0) is 42.7 Å². The Kier molecular flexibility index (Phi) is 2.72. The molecule has 0 spiro atoms. The molecule has 0 aliphatic carbocycles. The molecule has 0 saturated heterocycles. The summed E-state index contributed by atoms with van der Waals surface area (Å²) in [5.74, 6) is 0.858. The van der Waals surface area contributed by atoms with Crippen LogP contribution < -0.4 is 0 Å². The van der Waals surface area contributed by atoms with Gasteiger partial charge in [-0.25, -0.2) is 9.98 Å². The molecule has 16 heavy (non-hydrogen) atoms. The first kappa shape index (κ1) is 10.4. The van der Waals surface area contributed by atoms with Gasteiger partial charge in [-0.1, -0.05) is 0 Å². The molecule has 0 saturated carbocycles. The number of aromatic hydroxyl groups is 1. The second kappa shape index (κ2) is 4.18. The van der Waals surface area contributed by atoms with E-state index in [1.54, 1.807) is 30.7 Å². The smallest absolute Gasteiger partial charge is 0.226 e. The van der Waals surface area contributed by atoms with Crippen LogP contribution in [-0.2, 0) is 0 Å². The van der Waals surface area contributed by atoms with Crippen molar-refractivity contribution < 1.29 is 5.11 Å². The maximum Gasteiger partial charge on any atom is 0.226 e. The number of aromatic nitrogens is 2. The van der Waals surface area contributed by atoms with Crippen LogP contribution in [0.2, 0.25) is 0 Å². The monoisotopic (exact) mass is 215 g/mol. The second-order valence-corrected chi connectivity index (χ2v) is 3.66. The highest BCUT2D eigenvalue weighted by Gasteiger charge is 2.02. The first-order chi connectivity index (χ1) is 7.66. The summed E-state index contributed by atoms with van der Waals surface area (Å²) in [6.45, 7) is 3.88. The lowest BCUT2D eigenvalue weighted by molar-refractivity contribution is 0.474. The predicted molar refractivity (Wildman–Crippen MR) is 63.4 cm³/mol. The van der Waals surface area contributed by atoms with E-state index in [4.69, 9.17) is 0 Å². The van der Waals surface area contributed by atoms with Crippen molar-refractivity contribution in [3.05, 3.63) is 41.2 Å². The standard InChI is InChI=1S/C12H13N3O/c1-8-5-10(16)6-9(2)11(8)7-15-12-13-3-4-14-12/h3-7,16H,1-2H3,(H,13,14)/b15-7+. The summed E-state index contributed by atoms with van der Waals surface area (Å²) in [5, 5.41) is 9.41. The number of aryl methyl sites for hydroxylation is 2. The molecule has 4 nitrogen and oxygen atoms in total. The molecule has 2 aromatic rings. The van der Waals surface area contributed by atoms with Gasteiger partial charge in [0.05, 0.1) is 0 Å². The fraction of sp³-hybridized carbons (Fsp3) is 0.167. The van der Waals surface area contributed by atoms with Crippen LogP contribution in [0.15, 0.2) is 29.5 Å². The molecule has 2 N–H and O–H groups in total. The van der Waals surface area contributed by atoms with Gasteiger partial charge in [0.2, 0.25) is 5.95 Å². The number of nitrogens with one attached hydrogen (secondary N) is 1. The van der Waals surface area contributed by atoms with Crippen LogP contribution in [0.1, 0.15) is 16.7 Å². The van der Waals surface area contributed by atoms with Crippen molar-refractivity contribution in [1.29, 1.82) is 0 Å². The largest absolute Gasteiger partial charge is 0.508 e. The predicted octanol–water partition coefficient (Wildman–Crippen LogP) is 2.48. The fourth-order valence-electron chi connectivity index (χ4n) is 1.61. The fourth-order valence-corrected chi connectivity index (χ4v) is 1.61. The molecule has 0 amide bonds. The van der Waals surface area contributed by atoms with Gasteiger partial charge < -0.3 is 10.1 Å². The van der Waals surface area contributed by atoms with E-state index in [2.05, 4.69) is 15.0 Å². The normalized spacial score (nSPS) is 11.1. The molecule has 2 rings (SSSR count). The average Bonchev–Trinajstić information content (AvgIpc) is 2.68. The lowest BCUT2D eigenvalue weighted by atomic mass is 10.0. The molecule has 0 atom stereocenters. The highest BCUT2D eigenvalue weighted by molar-refractivity contribution is 5.85. The number of nitrogens with zero attached hydrogens (tertiary/aromatic N) is 2. The molecule has 1 aromatic heterocycles. The molecular weight excluding hydrogens is 202 g/mol. The van der Waals surface area contributed by atoms with Crippen molar-refractivity contribution in [1.82, 2.24) is 9.97 Å². The SMILES string of the molecule is Cc1cc(O)cc(C)c1/C=N/c1ncc[nH]1. The molecular formula is C12H13N3O. The third-order valence-corrected chi connectivity index (χ3v) is 2.38. The number of aromatic amines is 1. The Morgan fingerprint density at radius 3 is 2.56 bits per heavy atom. The third-order valence-electron chi connectivity index (χ3n) is 2.38. The van der Waals surface area contributed by atoms with Gasteiger partial charge in [-0.2, -0.15) is 0 Å². The molecule has 0 bridgehead atoms.